The van der Waals surface area contributed by atoms with Crippen LogP contribution in [0.25, 0.3) is 10.8 Å². The predicted octanol–water partition coefficient (Wildman–Crippen LogP) is 2.11. The molecule has 0 unspecified atom stereocenters. The normalized spacial score (nSPS) is 10.8. The number of nitrogens with zero attached hydrogens (tertiary/aromatic N) is 2. The van der Waals surface area contributed by atoms with Gasteiger partial charge in [0.15, 0.2) is 0 Å². The van der Waals surface area contributed by atoms with Gasteiger partial charge in [-0.15, -0.1) is 0 Å². The standard InChI is InChI=1S/C16H15N3O/c1-19-16(20)14-5-3-2-4-13(14)15(18-19)10-11-6-8-12(17)9-7-11/h2-9H,10,17H2,1H3. The maximum absolute atomic E-state index is 12.1. The monoisotopic (exact) mass is 265 g/mol. The molecule has 0 aliphatic heterocycles. The molecule has 0 spiro atoms. The Labute approximate surface area is 116 Å². The van der Waals surface area contributed by atoms with E-state index in [2.05, 4.69) is 5.10 Å². The average Bonchev–Trinajstić information content (AvgIpc) is 2.47. The summed E-state index contributed by atoms with van der Waals surface area (Å²) in [5, 5.41) is 6.01. The topological polar surface area (TPSA) is 60.9 Å². The number of aromatic nitrogens is 2. The molecule has 1 heterocycles. The quantitative estimate of drug-likeness (QED) is 0.722. The van der Waals surface area contributed by atoms with Gasteiger partial charge in [-0.1, -0.05) is 30.3 Å². The highest BCUT2D eigenvalue weighted by Gasteiger charge is 2.08. The molecule has 0 aliphatic rings. The summed E-state index contributed by atoms with van der Waals surface area (Å²) in [5.74, 6) is 0. The van der Waals surface area contributed by atoms with E-state index in [1.54, 1.807) is 7.05 Å². The minimum atomic E-state index is -0.0679. The van der Waals surface area contributed by atoms with E-state index < -0.39 is 0 Å². The van der Waals surface area contributed by atoms with Crippen molar-refractivity contribution in [1.29, 1.82) is 0 Å². The zero-order valence-corrected chi connectivity index (χ0v) is 11.2. The summed E-state index contributed by atoms with van der Waals surface area (Å²) in [6.45, 7) is 0. The van der Waals surface area contributed by atoms with Gasteiger partial charge in [-0.2, -0.15) is 5.10 Å². The summed E-state index contributed by atoms with van der Waals surface area (Å²) < 4.78 is 1.40. The minimum absolute atomic E-state index is 0.0679. The molecule has 2 N–H and O–H groups in total. The Morgan fingerprint density at radius 2 is 1.70 bits per heavy atom. The molecular formula is C16H15N3O. The smallest absolute Gasteiger partial charge is 0.274 e. The van der Waals surface area contributed by atoms with Crippen LogP contribution in [-0.2, 0) is 13.5 Å². The fourth-order valence-electron chi connectivity index (χ4n) is 2.34. The molecule has 0 radical (unpaired) electrons. The van der Waals surface area contributed by atoms with E-state index in [0.29, 0.717) is 11.8 Å². The molecule has 4 heteroatoms. The van der Waals surface area contributed by atoms with Crippen molar-refractivity contribution in [3.63, 3.8) is 0 Å². The molecule has 2 aromatic carbocycles. The van der Waals surface area contributed by atoms with E-state index in [1.165, 1.54) is 4.68 Å². The number of nitrogens with two attached hydrogens (primary N) is 1. The average molecular weight is 265 g/mol. The van der Waals surface area contributed by atoms with Crippen molar-refractivity contribution in [2.24, 2.45) is 7.05 Å². The Balaban J connectivity index is 2.14. The lowest BCUT2D eigenvalue weighted by atomic mass is 10.0. The molecule has 0 saturated heterocycles. The Kier molecular flexibility index (Phi) is 2.99. The number of fused-ring (bicyclic) bond motifs is 1. The molecule has 20 heavy (non-hydrogen) atoms. The third-order valence-corrected chi connectivity index (χ3v) is 3.38. The molecule has 0 fully saturated rings. The number of anilines is 1. The van der Waals surface area contributed by atoms with Crippen LogP contribution >= 0.6 is 0 Å². The first-order valence-corrected chi connectivity index (χ1v) is 6.44. The first-order valence-electron chi connectivity index (χ1n) is 6.44. The molecule has 3 rings (SSSR count). The fraction of sp³-hybridized carbons (Fsp3) is 0.125. The predicted molar refractivity (Wildman–Crippen MR) is 80.6 cm³/mol. The van der Waals surface area contributed by atoms with Crippen LogP contribution in [0.1, 0.15) is 11.3 Å². The van der Waals surface area contributed by atoms with Gasteiger partial charge in [-0.05, 0) is 23.8 Å². The number of hydrogen-bond donors (Lipinski definition) is 1. The van der Waals surface area contributed by atoms with E-state index in [1.807, 2.05) is 48.5 Å². The van der Waals surface area contributed by atoms with Crippen LogP contribution in [0.4, 0.5) is 5.69 Å². The van der Waals surface area contributed by atoms with Gasteiger partial charge < -0.3 is 5.73 Å². The van der Waals surface area contributed by atoms with Gasteiger partial charge in [0.25, 0.3) is 5.56 Å². The largest absolute Gasteiger partial charge is 0.399 e. The fourth-order valence-corrected chi connectivity index (χ4v) is 2.34. The SMILES string of the molecule is Cn1nc(Cc2ccc(N)cc2)c2ccccc2c1=O. The molecule has 0 amide bonds. The molecular weight excluding hydrogens is 250 g/mol. The van der Waals surface area contributed by atoms with Crippen LogP contribution in [0.2, 0.25) is 0 Å². The Bertz CT molecular complexity index is 819. The van der Waals surface area contributed by atoms with Crippen LogP contribution in [0.5, 0.6) is 0 Å². The molecule has 0 atom stereocenters. The number of hydrogen-bond acceptors (Lipinski definition) is 3. The lowest BCUT2D eigenvalue weighted by Gasteiger charge is -2.08. The summed E-state index contributed by atoms with van der Waals surface area (Å²) in [4.78, 5) is 12.1. The van der Waals surface area contributed by atoms with Crippen molar-refractivity contribution in [3.8, 4) is 0 Å². The van der Waals surface area contributed by atoms with Crippen molar-refractivity contribution < 1.29 is 0 Å². The van der Waals surface area contributed by atoms with E-state index in [4.69, 9.17) is 5.73 Å². The summed E-state index contributed by atoms with van der Waals surface area (Å²) >= 11 is 0. The van der Waals surface area contributed by atoms with Crippen LogP contribution in [0.3, 0.4) is 0 Å². The first kappa shape index (κ1) is 12.4. The highest BCUT2D eigenvalue weighted by atomic mass is 16.1. The minimum Gasteiger partial charge on any atom is -0.399 e. The van der Waals surface area contributed by atoms with Gasteiger partial charge in [-0.3, -0.25) is 4.79 Å². The third kappa shape index (κ3) is 2.16. The Hall–Kier alpha value is -2.62. The van der Waals surface area contributed by atoms with E-state index in [9.17, 15) is 4.79 Å². The zero-order chi connectivity index (χ0) is 14.1. The van der Waals surface area contributed by atoms with Gasteiger partial charge in [0.05, 0.1) is 11.1 Å². The Morgan fingerprint density at radius 3 is 2.40 bits per heavy atom. The molecule has 4 nitrogen and oxygen atoms in total. The number of aryl methyl sites for hydroxylation is 1. The Morgan fingerprint density at radius 1 is 1.05 bits per heavy atom. The molecule has 0 saturated carbocycles. The van der Waals surface area contributed by atoms with Gasteiger partial charge in [-0.25, -0.2) is 4.68 Å². The van der Waals surface area contributed by atoms with Crippen LogP contribution in [-0.4, -0.2) is 9.78 Å². The second-order valence-corrected chi connectivity index (χ2v) is 4.84. The van der Waals surface area contributed by atoms with Gasteiger partial charge in [0, 0.05) is 24.5 Å². The van der Waals surface area contributed by atoms with Crippen LogP contribution in [0.15, 0.2) is 53.3 Å². The molecule has 0 bridgehead atoms. The van der Waals surface area contributed by atoms with Crippen molar-refractivity contribution in [3.05, 3.63) is 70.1 Å². The molecule has 3 aromatic rings. The van der Waals surface area contributed by atoms with Crippen LogP contribution in [0, 0.1) is 0 Å². The molecule has 1 aromatic heterocycles. The molecule has 100 valence electrons. The van der Waals surface area contributed by atoms with Gasteiger partial charge in [0.2, 0.25) is 0 Å². The maximum atomic E-state index is 12.1. The second-order valence-electron chi connectivity index (χ2n) is 4.84. The summed E-state index contributed by atoms with van der Waals surface area (Å²) in [6.07, 6.45) is 0.676. The van der Waals surface area contributed by atoms with Crippen LogP contribution < -0.4 is 11.3 Å². The summed E-state index contributed by atoms with van der Waals surface area (Å²) in [7, 11) is 1.68. The number of rotatable bonds is 2. The number of nitrogen functional groups attached to an aromatic ring is 1. The lowest BCUT2D eigenvalue weighted by Crippen LogP contribution is -2.21. The highest BCUT2D eigenvalue weighted by Crippen LogP contribution is 2.17. The maximum Gasteiger partial charge on any atom is 0.274 e. The first-order chi connectivity index (χ1) is 9.65. The van der Waals surface area contributed by atoms with Gasteiger partial charge >= 0.3 is 0 Å². The van der Waals surface area contributed by atoms with Crippen molar-refractivity contribution in [2.45, 2.75) is 6.42 Å². The van der Waals surface area contributed by atoms with E-state index in [-0.39, 0.29) is 5.56 Å². The van der Waals surface area contributed by atoms with E-state index in [0.717, 1.165) is 22.3 Å². The van der Waals surface area contributed by atoms with Crippen molar-refractivity contribution >= 4 is 16.5 Å². The summed E-state index contributed by atoms with van der Waals surface area (Å²) in [6, 6.07) is 15.3. The highest BCUT2D eigenvalue weighted by molar-refractivity contribution is 5.83. The second kappa shape index (κ2) is 4.81. The third-order valence-electron chi connectivity index (χ3n) is 3.38. The lowest BCUT2D eigenvalue weighted by molar-refractivity contribution is 0.697. The van der Waals surface area contributed by atoms with E-state index >= 15 is 0 Å². The van der Waals surface area contributed by atoms with Crippen molar-refractivity contribution in [2.75, 3.05) is 5.73 Å². The molecule has 0 aliphatic carbocycles. The zero-order valence-electron chi connectivity index (χ0n) is 11.2. The van der Waals surface area contributed by atoms with Gasteiger partial charge in [0.1, 0.15) is 0 Å². The summed E-state index contributed by atoms with van der Waals surface area (Å²) in [5.41, 5.74) is 8.38. The van der Waals surface area contributed by atoms with Crippen molar-refractivity contribution in [1.82, 2.24) is 9.78 Å². The number of benzene rings is 2.